The Kier molecular flexibility index (Phi) is 4.44. The average Bonchev–Trinajstić information content (AvgIpc) is 3.09. The van der Waals surface area contributed by atoms with E-state index in [0.717, 1.165) is 28.2 Å². The Balaban J connectivity index is 1.61. The number of alkyl halides is 3. The summed E-state index contributed by atoms with van der Waals surface area (Å²) < 4.78 is 38.9. The number of nitrogens with zero attached hydrogens (tertiary/aromatic N) is 4. The fourth-order valence-corrected chi connectivity index (χ4v) is 3.56. The van der Waals surface area contributed by atoms with Crippen LogP contribution in [-0.4, -0.2) is 32.3 Å². The van der Waals surface area contributed by atoms with E-state index in [1.54, 1.807) is 0 Å². The number of imidazole rings is 1. The van der Waals surface area contributed by atoms with Crippen LogP contribution in [0.5, 0.6) is 0 Å². The zero-order valence-corrected chi connectivity index (χ0v) is 13.6. The van der Waals surface area contributed by atoms with Gasteiger partial charge in [0.05, 0.1) is 5.69 Å². The lowest BCUT2D eigenvalue weighted by atomic mass is 10.3. The van der Waals surface area contributed by atoms with Crippen LogP contribution in [0.3, 0.4) is 0 Å². The highest BCUT2D eigenvalue weighted by atomic mass is 32.2. The largest absolute Gasteiger partial charge is 0.405 e. The summed E-state index contributed by atoms with van der Waals surface area (Å²) in [5.74, 6) is 0.578. The van der Waals surface area contributed by atoms with E-state index in [0.29, 0.717) is 10.1 Å². The summed E-state index contributed by atoms with van der Waals surface area (Å²) >= 11 is 2.49. The quantitative estimate of drug-likeness (QED) is 0.703. The molecule has 0 aliphatic carbocycles. The third kappa shape index (κ3) is 4.14. The number of aromatic nitrogens is 4. The third-order valence-corrected chi connectivity index (χ3v) is 4.97. The van der Waals surface area contributed by atoms with Gasteiger partial charge in [-0.25, -0.2) is 4.98 Å². The molecule has 0 saturated carbocycles. The Bertz CT molecular complexity index is 811. The first-order valence-electron chi connectivity index (χ1n) is 6.61. The molecule has 0 aliphatic heterocycles. The summed E-state index contributed by atoms with van der Waals surface area (Å²) in [5.41, 5.74) is 2.86. The number of aryl methyl sites for hydroxylation is 1. The molecule has 122 valence electrons. The van der Waals surface area contributed by atoms with Crippen molar-refractivity contribution < 1.29 is 13.2 Å². The van der Waals surface area contributed by atoms with Crippen molar-refractivity contribution in [3.63, 3.8) is 0 Å². The molecule has 3 aromatic heterocycles. The zero-order chi connectivity index (χ0) is 16.4. The molecule has 3 rings (SSSR count). The van der Waals surface area contributed by atoms with Gasteiger partial charge < -0.3 is 9.72 Å². The van der Waals surface area contributed by atoms with Crippen molar-refractivity contribution in [3.05, 3.63) is 35.8 Å². The number of pyridine rings is 1. The molecule has 0 fully saturated rings. The Morgan fingerprint density at radius 2 is 2.17 bits per heavy atom. The monoisotopic (exact) mass is 359 g/mol. The van der Waals surface area contributed by atoms with Crippen LogP contribution < -0.4 is 5.32 Å². The highest BCUT2D eigenvalue weighted by molar-refractivity contribution is 8.00. The second kappa shape index (κ2) is 6.36. The van der Waals surface area contributed by atoms with Crippen LogP contribution in [0.2, 0.25) is 0 Å². The van der Waals surface area contributed by atoms with E-state index in [-0.39, 0.29) is 5.13 Å². The summed E-state index contributed by atoms with van der Waals surface area (Å²) in [6, 6.07) is 3.94. The predicted octanol–water partition coefficient (Wildman–Crippen LogP) is 3.76. The first kappa shape index (κ1) is 16.1. The molecular formula is C13H12F3N5S2. The third-order valence-electron chi connectivity index (χ3n) is 2.92. The van der Waals surface area contributed by atoms with Crippen LogP contribution >= 0.6 is 23.1 Å². The smallest absolute Gasteiger partial charge is 0.351 e. The number of halogens is 3. The first-order chi connectivity index (χ1) is 10.9. The number of anilines is 1. The van der Waals surface area contributed by atoms with Crippen molar-refractivity contribution in [3.8, 4) is 0 Å². The van der Waals surface area contributed by atoms with Crippen LogP contribution in [0.25, 0.3) is 5.65 Å². The molecule has 3 heterocycles. The van der Waals surface area contributed by atoms with E-state index in [9.17, 15) is 13.2 Å². The maximum Gasteiger partial charge on any atom is 0.405 e. The molecule has 0 spiro atoms. The number of rotatable bonds is 5. The molecule has 0 aromatic carbocycles. The van der Waals surface area contributed by atoms with Gasteiger partial charge in [0.25, 0.3) is 0 Å². The summed E-state index contributed by atoms with van der Waals surface area (Å²) in [6.07, 6.45) is -0.417. The van der Waals surface area contributed by atoms with Crippen LogP contribution in [-0.2, 0) is 5.75 Å². The van der Waals surface area contributed by atoms with Crippen molar-refractivity contribution in [2.24, 2.45) is 0 Å². The summed E-state index contributed by atoms with van der Waals surface area (Å²) in [7, 11) is 0. The van der Waals surface area contributed by atoms with Crippen LogP contribution in [0.4, 0.5) is 18.3 Å². The SMILES string of the molecule is Cc1cccn2cc(CSc3nnc(NCC(F)(F)F)s3)nc12. The molecule has 3 aromatic rings. The van der Waals surface area contributed by atoms with Crippen molar-refractivity contribution in [2.45, 2.75) is 23.2 Å². The van der Waals surface area contributed by atoms with Crippen molar-refractivity contribution >= 4 is 33.9 Å². The molecule has 5 nitrogen and oxygen atoms in total. The fourth-order valence-electron chi connectivity index (χ4n) is 1.92. The highest BCUT2D eigenvalue weighted by Gasteiger charge is 2.27. The fraction of sp³-hybridized carbons (Fsp3) is 0.308. The van der Waals surface area contributed by atoms with E-state index >= 15 is 0 Å². The maximum absolute atomic E-state index is 12.1. The van der Waals surface area contributed by atoms with Crippen LogP contribution in [0, 0.1) is 6.92 Å². The maximum atomic E-state index is 12.1. The molecular weight excluding hydrogens is 347 g/mol. The van der Waals surface area contributed by atoms with Gasteiger partial charge in [-0.1, -0.05) is 29.2 Å². The Labute approximate surface area is 138 Å². The van der Waals surface area contributed by atoms with Crippen LogP contribution in [0.15, 0.2) is 28.9 Å². The van der Waals surface area contributed by atoms with Crippen molar-refractivity contribution in [2.75, 3.05) is 11.9 Å². The topological polar surface area (TPSA) is 55.1 Å². The molecule has 23 heavy (non-hydrogen) atoms. The van der Waals surface area contributed by atoms with Gasteiger partial charge in [-0.15, -0.1) is 10.2 Å². The zero-order valence-electron chi connectivity index (χ0n) is 12.0. The van der Waals surface area contributed by atoms with Gasteiger partial charge in [0.15, 0.2) is 4.34 Å². The number of nitrogens with one attached hydrogen (secondary N) is 1. The molecule has 0 unspecified atom stereocenters. The van der Waals surface area contributed by atoms with Gasteiger partial charge in [-0.3, -0.25) is 0 Å². The number of hydrogen-bond acceptors (Lipinski definition) is 6. The lowest BCUT2D eigenvalue weighted by molar-refractivity contribution is -0.115. The van der Waals surface area contributed by atoms with Gasteiger partial charge in [-0.2, -0.15) is 13.2 Å². The van der Waals surface area contributed by atoms with Crippen molar-refractivity contribution in [1.29, 1.82) is 0 Å². The van der Waals surface area contributed by atoms with E-state index in [1.807, 2.05) is 35.9 Å². The molecule has 0 saturated heterocycles. The van der Waals surface area contributed by atoms with E-state index in [1.165, 1.54) is 11.8 Å². The lowest BCUT2D eigenvalue weighted by Crippen LogP contribution is -2.21. The standard InChI is InChI=1S/C13H12F3N5S2/c1-8-3-2-4-21-5-9(18-10(8)21)6-22-12-20-19-11(23-12)17-7-13(14,15)16/h2-5H,6-7H2,1H3,(H,17,19). The normalized spacial score (nSPS) is 12.0. The van der Waals surface area contributed by atoms with Gasteiger partial charge in [-0.05, 0) is 18.6 Å². The van der Waals surface area contributed by atoms with Gasteiger partial charge >= 0.3 is 6.18 Å². The van der Waals surface area contributed by atoms with E-state index < -0.39 is 12.7 Å². The first-order valence-corrected chi connectivity index (χ1v) is 8.41. The van der Waals surface area contributed by atoms with Gasteiger partial charge in [0, 0.05) is 18.1 Å². The molecule has 0 atom stereocenters. The second-order valence-corrected chi connectivity index (χ2v) is 6.98. The minimum atomic E-state index is -4.27. The predicted molar refractivity (Wildman–Crippen MR) is 83.9 cm³/mol. The number of thioether (sulfide) groups is 1. The molecule has 0 bridgehead atoms. The molecule has 10 heteroatoms. The number of hydrogen-bond donors (Lipinski definition) is 1. The summed E-state index contributed by atoms with van der Waals surface area (Å²) in [5, 5.41) is 9.95. The minimum absolute atomic E-state index is 0.163. The molecule has 0 amide bonds. The molecule has 0 aliphatic rings. The number of fused-ring (bicyclic) bond motifs is 1. The molecule has 0 radical (unpaired) electrons. The second-order valence-electron chi connectivity index (χ2n) is 4.78. The summed E-state index contributed by atoms with van der Waals surface area (Å²) in [4.78, 5) is 4.54. The Morgan fingerprint density at radius 3 is 2.91 bits per heavy atom. The van der Waals surface area contributed by atoms with Crippen LogP contribution in [0.1, 0.15) is 11.3 Å². The summed E-state index contributed by atoms with van der Waals surface area (Å²) in [6.45, 7) is 0.876. The van der Waals surface area contributed by atoms with Crippen molar-refractivity contribution in [1.82, 2.24) is 19.6 Å². The molecule has 1 N–H and O–H groups in total. The van der Waals surface area contributed by atoms with E-state index in [4.69, 9.17) is 0 Å². The van der Waals surface area contributed by atoms with Gasteiger partial charge in [0.2, 0.25) is 5.13 Å². The Morgan fingerprint density at radius 1 is 1.35 bits per heavy atom. The average molecular weight is 359 g/mol. The highest BCUT2D eigenvalue weighted by Crippen LogP contribution is 2.29. The Hall–Kier alpha value is -1.81. The minimum Gasteiger partial charge on any atom is -0.351 e. The van der Waals surface area contributed by atoms with E-state index in [2.05, 4.69) is 20.5 Å². The lowest BCUT2D eigenvalue weighted by Gasteiger charge is -2.05. The van der Waals surface area contributed by atoms with Gasteiger partial charge in [0.1, 0.15) is 12.2 Å².